The average molecular weight is 532 g/mol. The molecule has 15 heteroatoms. The molecule has 0 aliphatic heterocycles. The van der Waals surface area contributed by atoms with Gasteiger partial charge in [0.05, 0.1) is 29.6 Å². The smallest absolute Gasteiger partial charge is 0.345 e. The van der Waals surface area contributed by atoms with Crippen molar-refractivity contribution in [1.29, 1.82) is 0 Å². The van der Waals surface area contributed by atoms with Crippen LogP contribution >= 0.6 is 11.6 Å². The van der Waals surface area contributed by atoms with Crippen LogP contribution in [0.2, 0.25) is 5.02 Å². The van der Waals surface area contributed by atoms with Crippen LogP contribution in [0.25, 0.3) is 22.4 Å². The zero-order valence-corrected chi connectivity index (χ0v) is 18.8. The van der Waals surface area contributed by atoms with Gasteiger partial charge in [-0.1, -0.05) is 28.0 Å². The van der Waals surface area contributed by atoms with Gasteiger partial charge in [-0.3, -0.25) is 9.67 Å². The Kier molecular flexibility index (Phi) is 7.45. The quantitative estimate of drug-likeness (QED) is 0.232. The molecule has 0 saturated heterocycles. The Morgan fingerprint density at radius 2 is 1.81 bits per heavy atom. The monoisotopic (exact) mass is 531 g/mol. The van der Waals surface area contributed by atoms with Crippen molar-refractivity contribution in [2.24, 2.45) is 0 Å². The van der Waals surface area contributed by atoms with Crippen LogP contribution < -0.4 is 5.73 Å². The van der Waals surface area contributed by atoms with Crippen LogP contribution in [0.5, 0.6) is 0 Å². The fraction of sp³-hybridized carbons (Fsp3) is 0.238. The molecule has 36 heavy (non-hydrogen) atoms. The van der Waals surface area contributed by atoms with Crippen molar-refractivity contribution in [3.05, 3.63) is 65.3 Å². The van der Waals surface area contributed by atoms with E-state index >= 15 is 0 Å². The molecule has 3 heterocycles. The van der Waals surface area contributed by atoms with Crippen molar-refractivity contribution in [3.63, 3.8) is 0 Å². The summed E-state index contributed by atoms with van der Waals surface area (Å²) in [6.45, 7) is -6.60. The van der Waals surface area contributed by atoms with Crippen LogP contribution in [0.1, 0.15) is 24.7 Å². The lowest BCUT2D eigenvalue weighted by molar-refractivity contribution is -0.130. The lowest BCUT2D eigenvalue weighted by atomic mass is 10.0. The molecule has 2 N–H and O–H groups in total. The number of hydrogen-bond acceptors (Lipinski definition) is 6. The van der Waals surface area contributed by atoms with E-state index in [0.717, 1.165) is 6.20 Å². The SMILES string of the molecule is Nc1ccc(Cl)c(F)c1-c1ccc(C(CCOC(F)F)n2cc(-c3c(F)nnn3C(F)F)cn2)nc1. The first-order valence-corrected chi connectivity index (χ1v) is 10.6. The highest BCUT2D eigenvalue weighted by Gasteiger charge is 2.24. The van der Waals surface area contributed by atoms with Crippen molar-refractivity contribution in [1.82, 2.24) is 29.8 Å². The van der Waals surface area contributed by atoms with Crippen LogP contribution in [0.3, 0.4) is 0 Å². The first kappa shape index (κ1) is 25.4. The third kappa shape index (κ3) is 5.14. The van der Waals surface area contributed by atoms with Gasteiger partial charge in [-0.25, -0.2) is 4.39 Å². The topological polar surface area (TPSA) is 96.7 Å². The maximum absolute atomic E-state index is 14.5. The van der Waals surface area contributed by atoms with Crippen LogP contribution in [-0.4, -0.2) is 43.0 Å². The third-order valence-electron chi connectivity index (χ3n) is 5.21. The van der Waals surface area contributed by atoms with Crippen LogP contribution in [0.4, 0.5) is 32.0 Å². The summed E-state index contributed by atoms with van der Waals surface area (Å²) in [6, 6.07) is 4.88. The molecular weight excluding hydrogens is 516 g/mol. The molecule has 8 nitrogen and oxygen atoms in total. The zero-order chi connectivity index (χ0) is 26.0. The van der Waals surface area contributed by atoms with Gasteiger partial charge in [-0.15, -0.1) is 0 Å². The molecule has 0 aliphatic rings. The number of benzene rings is 1. The summed E-state index contributed by atoms with van der Waals surface area (Å²) in [7, 11) is 0. The number of halogens is 7. The van der Waals surface area contributed by atoms with Gasteiger partial charge < -0.3 is 10.5 Å². The molecule has 0 fully saturated rings. The Morgan fingerprint density at radius 1 is 1.03 bits per heavy atom. The second-order valence-electron chi connectivity index (χ2n) is 7.39. The van der Waals surface area contributed by atoms with Crippen molar-refractivity contribution in [2.75, 3.05) is 12.3 Å². The summed E-state index contributed by atoms with van der Waals surface area (Å²) < 4.78 is 85.7. The Bertz CT molecular complexity index is 1350. The first-order valence-electron chi connectivity index (χ1n) is 10.2. The van der Waals surface area contributed by atoms with Gasteiger partial charge in [-0.05, 0) is 24.6 Å². The molecule has 1 atom stereocenters. The molecule has 3 aromatic heterocycles. The number of hydrogen-bond donors (Lipinski definition) is 1. The number of nitrogen functional groups attached to an aromatic ring is 1. The minimum absolute atomic E-state index is 0.0312. The molecule has 4 aromatic rings. The van der Waals surface area contributed by atoms with Gasteiger partial charge >= 0.3 is 13.2 Å². The Balaban J connectivity index is 1.69. The largest absolute Gasteiger partial charge is 0.398 e. The molecular formula is C21H16ClF6N7O. The van der Waals surface area contributed by atoms with Gasteiger partial charge in [0.15, 0.2) is 5.82 Å². The fourth-order valence-corrected chi connectivity index (χ4v) is 3.74. The van der Waals surface area contributed by atoms with Gasteiger partial charge in [0.25, 0.3) is 5.95 Å². The van der Waals surface area contributed by atoms with E-state index in [1.807, 2.05) is 0 Å². The van der Waals surface area contributed by atoms with Crippen molar-refractivity contribution in [3.8, 4) is 22.4 Å². The molecule has 4 rings (SSSR count). The average Bonchev–Trinajstić information content (AvgIpc) is 3.46. The van der Waals surface area contributed by atoms with E-state index in [-0.39, 0.29) is 38.6 Å². The second-order valence-corrected chi connectivity index (χ2v) is 7.80. The first-order chi connectivity index (χ1) is 17.2. The number of rotatable bonds is 9. The number of anilines is 1. The molecule has 0 amide bonds. The van der Waals surface area contributed by atoms with E-state index < -0.39 is 43.3 Å². The van der Waals surface area contributed by atoms with Gasteiger partial charge in [-0.2, -0.15) is 31.7 Å². The highest BCUT2D eigenvalue weighted by atomic mass is 35.5. The highest BCUT2D eigenvalue weighted by Crippen LogP contribution is 2.34. The fourth-order valence-electron chi connectivity index (χ4n) is 3.59. The summed E-state index contributed by atoms with van der Waals surface area (Å²) >= 11 is 5.84. The van der Waals surface area contributed by atoms with Crippen LogP contribution in [-0.2, 0) is 4.74 Å². The Morgan fingerprint density at radius 3 is 2.47 bits per heavy atom. The summed E-state index contributed by atoms with van der Waals surface area (Å²) in [5, 5.41) is 10.0. The molecule has 0 saturated carbocycles. The third-order valence-corrected chi connectivity index (χ3v) is 5.50. The van der Waals surface area contributed by atoms with E-state index in [1.54, 1.807) is 0 Å². The Hall–Kier alpha value is -3.65. The van der Waals surface area contributed by atoms with Crippen molar-refractivity contribution < 1.29 is 31.1 Å². The Labute approximate surface area is 204 Å². The molecule has 0 bridgehead atoms. The van der Waals surface area contributed by atoms with Crippen LogP contribution in [0, 0.1) is 11.8 Å². The second kappa shape index (κ2) is 10.5. The normalized spacial score (nSPS) is 12.6. The lowest BCUT2D eigenvalue weighted by Gasteiger charge is -2.18. The van der Waals surface area contributed by atoms with Gasteiger partial charge in [0, 0.05) is 34.8 Å². The molecule has 190 valence electrons. The van der Waals surface area contributed by atoms with Crippen molar-refractivity contribution >= 4 is 17.3 Å². The maximum atomic E-state index is 14.5. The number of alkyl halides is 4. The van der Waals surface area contributed by atoms with Gasteiger partial charge in [0.2, 0.25) is 0 Å². The highest BCUT2D eigenvalue weighted by molar-refractivity contribution is 6.31. The zero-order valence-electron chi connectivity index (χ0n) is 18.0. The molecule has 0 aliphatic carbocycles. The summed E-state index contributed by atoms with van der Waals surface area (Å²) in [5.41, 5.74) is 5.93. The maximum Gasteiger partial charge on any atom is 0.345 e. The lowest BCUT2D eigenvalue weighted by Crippen LogP contribution is -2.16. The van der Waals surface area contributed by atoms with Crippen LogP contribution in [0.15, 0.2) is 42.9 Å². The van der Waals surface area contributed by atoms with Gasteiger partial charge in [0.1, 0.15) is 5.69 Å². The number of nitrogens with zero attached hydrogens (tertiary/aromatic N) is 6. The minimum atomic E-state index is -3.16. The molecule has 1 aromatic carbocycles. The standard InChI is InChI=1S/C21H16ClF6N7O/c22-12-2-3-13(29)16(17(12)23)10-1-4-14(30-7-10)15(5-6-36-21(27)28)34-9-11(8-31-34)18-19(24)32-33-35(18)20(25)26/h1-4,7-9,15,20-21H,5-6,29H2. The number of pyridine rings is 1. The molecule has 0 radical (unpaired) electrons. The molecule has 1 unspecified atom stereocenters. The predicted octanol–water partition coefficient (Wildman–Crippen LogP) is 5.33. The predicted molar refractivity (Wildman–Crippen MR) is 116 cm³/mol. The minimum Gasteiger partial charge on any atom is -0.398 e. The van der Waals surface area contributed by atoms with E-state index in [4.69, 9.17) is 17.3 Å². The number of nitrogens with two attached hydrogens (primary N) is 1. The van der Waals surface area contributed by atoms with E-state index in [9.17, 15) is 26.3 Å². The summed E-state index contributed by atoms with van der Waals surface area (Å²) in [6.07, 6.45) is 3.55. The number of ether oxygens (including phenoxy) is 1. The molecule has 0 spiro atoms. The van der Waals surface area contributed by atoms with E-state index in [0.29, 0.717) is 5.56 Å². The van der Waals surface area contributed by atoms with E-state index in [2.05, 4.69) is 25.1 Å². The summed E-state index contributed by atoms with van der Waals surface area (Å²) in [5.74, 6) is -1.98. The van der Waals surface area contributed by atoms with E-state index in [1.165, 1.54) is 41.3 Å². The van der Waals surface area contributed by atoms with Crippen molar-refractivity contribution in [2.45, 2.75) is 25.6 Å². The summed E-state index contributed by atoms with van der Waals surface area (Å²) in [4.78, 5) is 4.28. The number of aromatic nitrogens is 6.